The molecule has 19 heavy (non-hydrogen) atoms. The van der Waals surface area contributed by atoms with Gasteiger partial charge in [0, 0.05) is 25.2 Å². The summed E-state index contributed by atoms with van der Waals surface area (Å²) in [6.45, 7) is 5.36. The summed E-state index contributed by atoms with van der Waals surface area (Å²) in [6.07, 6.45) is 0. The molecule has 0 aliphatic carbocycles. The third-order valence-electron chi connectivity index (χ3n) is 3.16. The van der Waals surface area contributed by atoms with Crippen LogP contribution in [0.4, 0.5) is 0 Å². The zero-order chi connectivity index (χ0) is 13.5. The number of alkyl halides is 1. The van der Waals surface area contributed by atoms with E-state index >= 15 is 0 Å². The Hall–Kier alpha value is -0.370. The summed E-state index contributed by atoms with van der Waals surface area (Å²) < 4.78 is 16.6. The van der Waals surface area contributed by atoms with Gasteiger partial charge in [0.2, 0.25) is 0 Å². The van der Waals surface area contributed by atoms with E-state index in [1.807, 2.05) is 24.3 Å². The maximum Gasteiger partial charge on any atom is 0.137 e. The van der Waals surface area contributed by atoms with Gasteiger partial charge in [0.1, 0.15) is 9.86 Å². The van der Waals surface area contributed by atoms with Crippen LogP contribution in [0.2, 0.25) is 0 Å². The molecule has 1 aromatic rings. The predicted molar refractivity (Wildman–Crippen MR) is 83.0 cm³/mol. The van der Waals surface area contributed by atoms with E-state index in [4.69, 9.17) is 14.2 Å². The number of nitrogens with zero attached hydrogens (tertiary/aromatic N) is 1. The first-order valence-corrected chi connectivity index (χ1v) is 7.74. The Balaban J connectivity index is 1.78. The third-order valence-corrected chi connectivity index (χ3v) is 4.19. The van der Waals surface area contributed by atoms with Gasteiger partial charge in [-0.15, -0.1) is 0 Å². The zero-order valence-electron chi connectivity index (χ0n) is 11.2. The van der Waals surface area contributed by atoms with Gasteiger partial charge in [0.15, 0.2) is 0 Å². The average molecular weight is 377 g/mol. The monoisotopic (exact) mass is 377 g/mol. The normalized spacial score (nSPS) is 18.2. The van der Waals surface area contributed by atoms with Gasteiger partial charge in [-0.05, 0) is 28.7 Å². The van der Waals surface area contributed by atoms with E-state index in [1.165, 1.54) is 0 Å². The van der Waals surface area contributed by atoms with Gasteiger partial charge >= 0.3 is 0 Å². The second-order valence-electron chi connectivity index (χ2n) is 4.38. The number of morpholine rings is 1. The Morgan fingerprint density at radius 1 is 1.32 bits per heavy atom. The van der Waals surface area contributed by atoms with Crippen molar-refractivity contribution < 1.29 is 14.2 Å². The maximum atomic E-state index is 5.90. The first-order chi connectivity index (χ1) is 9.31. The lowest BCUT2D eigenvalue weighted by atomic mass is 10.2. The fourth-order valence-electron chi connectivity index (χ4n) is 2.05. The van der Waals surface area contributed by atoms with E-state index in [9.17, 15) is 0 Å². The van der Waals surface area contributed by atoms with Crippen LogP contribution in [0.3, 0.4) is 0 Å². The van der Waals surface area contributed by atoms with Gasteiger partial charge in [0.05, 0.1) is 26.9 Å². The Morgan fingerprint density at radius 2 is 2.05 bits per heavy atom. The van der Waals surface area contributed by atoms with E-state index < -0.39 is 0 Å². The van der Waals surface area contributed by atoms with Crippen LogP contribution in [-0.2, 0) is 9.47 Å². The number of ether oxygens (including phenoxy) is 3. The second-order valence-corrected chi connectivity index (χ2v) is 5.51. The van der Waals surface area contributed by atoms with Gasteiger partial charge in [-0.25, -0.2) is 0 Å². The Labute approximate surface area is 128 Å². The molecule has 1 aromatic carbocycles. The standard InChI is InChI=1S/C14H20INO3/c1-17-13-5-3-2-4-12(13)14(15)19-11-8-16-6-9-18-10-7-16/h2-5,14H,6-11H2,1H3. The van der Waals surface area contributed by atoms with Gasteiger partial charge in [-0.2, -0.15) is 0 Å². The SMILES string of the molecule is COc1ccccc1C(I)OCCN1CCOCC1. The molecule has 0 saturated carbocycles. The lowest BCUT2D eigenvalue weighted by Gasteiger charge is -2.26. The van der Waals surface area contributed by atoms with E-state index in [0.29, 0.717) is 0 Å². The van der Waals surface area contributed by atoms with Crippen molar-refractivity contribution in [1.29, 1.82) is 0 Å². The van der Waals surface area contributed by atoms with Crippen molar-refractivity contribution in [3.05, 3.63) is 29.8 Å². The minimum absolute atomic E-state index is 0.0230. The molecule has 1 saturated heterocycles. The largest absolute Gasteiger partial charge is 0.496 e. The summed E-state index contributed by atoms with van der Waals surface area (Å²) in [7, 11) is 1.69. The third kappa shape index (κ3) is 4.59. The molecule has 0 aromatic heterocycles. The average Bonchev–Trinajstić information content (AvgIpc) is 2.48. The summed E-state index contributed by atoms with van der Waals surface area (Å²) in [5.41, 5.74) is 1.09. The van der Waals surface area contributed by atoms with Gasteiger partial charge < -0.3 is 14.2 Å². The number of halogens is 1. The number of hydrogen-bond acceptors (Lipinski definition) is 4. The van der Waals surface area contributed by atoms with Crippen LogP contribution >= 0.6 is 22.6 Å². The zero-order valence-corrected chi connectivity index (χ0v) is 13.3. The van der Waals surface area contributed by atoms with Gasteiger partial charge in [-0.1, -0.05) is 18.2 Å². The number of hydrogen-bond donors (Lipinski definition) is 0. The lowest BCUT2D eigenvalue weighted by molar-refractivity contribution is 0.0184. The smallest absolute Gasteiger partial charge is 0.137 e. The molecule has 4 nitrogen and oxygen atoms in total. The van der Waals surface area contributed by atoms with Crippen LogP contribution in [0, 0.1) is 0 Å². The van der Waals surface area contributed by atoms with Crippen LogP contribution in [-0.4, -0.2) is 51.5 Å². The van der Waals surface area contributed by atoms with E-state index in [-0.39, 0.29) is 4.11 Å². The highest BCUT2D eigenvalue weighted by atomic mass is 127. The molecule has 0 spiro atoms. The van der Waals surface area contributed by atoms with Crippen molar-refractivity contribution in [2.24, 2.45) is 0 Å². The van der Waals surface area contributed by atoms with Gasteiger partial charge in [-0.3, -0.25) is 4.90 Å². The Bertz CT molecular complexity index is 383. The van der Waals surface area contributed by atoms with E-state index in [1.54, 1.807) is 7.11 Å². The highest BCUT2D eigenvalue weighted by Crippen LogP contribution is 2.32. The molecule has 1 unspecified atom stereocenters. The summed E-state index contributed by atoms with van der Waals surface area (Å²) in [5, 5.41) is 0. The highest BCUT2D eigenvalue weighted by Gasteiger charge is 2.14. The molecule has 2 rings (SSSR count). The summed E-state index contributed by atoms with van der Waals surface area (Å²) in [4.78, 5) is 2.37. The minimum atomic E-state index is 0.0230. The Morgan fingerprint density at radius 3 is 2.79 bits per heavy atom. The molecule has 0 amide bonds. The fourth-order valence-corrected chi connectivity index (χ4v) is 2.82. The number of para-hydroxylation sites is 1. The first-order valence-electron chi connectivity index (χ1n) is 6.50. The molecule has 1 aliphatic rings. The summed E-state index contributed by atoms with van der Waals surface area (Å²) in [6, 6.07) is 7.99. The molecule has 0 radical (unpaired) electrons. The van der Waals surface area contributed by atoms with Crippen molar-refractivity contribution in [3.8, 4) is 5.75 Å². The highest BCUT2D eigenvalue weighted by molar-refractivity contribution is 14.1. The lowest BCUT2D eigenvalue weighted by Crippen LogP contribution is -2.38. The van der Waals surface area contributed by atoms with Crippen LogP contribution in [0.1, 0.15) is 9.67 Å². The fraction of sp³-hybridized carbons (Fsp3) is 0.571. The predicted octanol–water partition coefficient (Wildman–Crippen LogP) is 2.48. The van der Waals surface area contributed by atoms with Crippen LogP contribution in [0.25, 0.3) is 0 Å². The molecule has 0 bridgehead atoms. The molecule has 5 heteroatoms. The second kappa shape index (κ2) is 8.04. The van der Waals surface area contributed by atoms with Crippen LogP contribution < -0.4 is 4.74 Å². The van der Waals surface area contributed by atoms with Crippen LogP contribution in [0.15, 0.2) is 24.3 Å². The van der Waals surface area contributed by atoms with Crippen LogP contribution in [0.5, 0.6) is 5.75 Å². The quantitative estimate of drug-likeness (QED) is 0.563. The maximum absolute atomic E-state index is 5.90. The van der Waals surface area contributed by atoms with Crippen molar-refractivity contribution in [1.82, 2.24) is 4.90 Å². The van der Waals surface area contributed by atoms with Crippen molar-refractivity contribution >= 4 is 22.6 Å². The van der Waals surface area contributed by atoms with Crippen molar-refractivity contribution in [2.75, 3.05) is 46.6 Å². The molecule has 0 N–H and O–H groups in total. The summed E-state index contributed by atoms with van der Waals surface area (Å²) in [5.74, 6) is 0.883. The van der Waals surface area contributed by atoms with Crippen molar-refractivity contribution in [2.45, 2.75) is 4.11 Å². The molecular weight excluding hydrogens is 357 g/mol. The molecule has 1 fully saturated rings. The van der Waals surface area contributed by atoms with E-state index in [2.05, 4.69) is 27.5 Å². The topological polar surface area (TPSA) is 30.9 Å². The van der Waals surface area contributed by atoms with Gasteiger partial charge in [0.25, 0.3) is 0 Å². The van der Waals surface area contributed by atoms with E-state index in [0.717, 1.165) is 50.8 Å². The van der Waals surface area contributed by atoms with Crippen molar-refractivity contribution in [3.63, 3.8) is 0 Å². The molecule has 106 valence electrons. The molecule has 1 atom stereocenters. The molecule has 1 aliphatic heterocycles. The minimum Gasteiger partial charge on any atom is -0.496 e. The number of methoxy groups -OCH3 is 1. The Kier molecular flexibility index (Phi) is 6.36. The molecule has 1 heterocycles. The molecular formula is C14H20INO3. The first kappa shape index (κ1) is 15.0. The number of rotatable bonds is 6. The summed E-state index contributed by atoms with van der Waals surface area (Å²) >= 11 is 2.31. The number of benzene rings is 1.